The lowest BCUT2D eigenvalue weighted by Crippen LogP contribution is -2.36. The first-order chi connectivity index (χ1) is 12.6. The third-order valence-corrected chi connectivity index (χ3v) is 4.27. The molecule has 1 atom stereocenters. The largest absolute Gasteiger partial charge is 0.497 e. The van der Waals surface area contributed by atoms with Crippen LogP contribution in [0.4, 0.5) is 0 Å². The van der Waals surface area contributed by atoms with Gasteiger partial charge in [0, 0.05) is 19.7 Å². The number of hydrogen-bond donors (Lipinski definition) is 1. The molecule has 26 heavy (non-hydrogen) atoms. The van der Waals surface area contributed by atoms with Gasteiger partial charge in [0.1, 0.15) is 5.75 Å². The van der Waals surface area contributed by atoms with Gasteiger partial charge in [-0.2, -0.15) is 0 Å². The van der Waals surface area contributed by atoms with Gasteiger partial charge in [-0.25, -0.2) is 4.79 Å². The zero-order valence-corrected chi connectivity index (χ0v) is 14.5. The van der Waals surface area contributed by atoms with Crippen molar-refractivity contribution in [3.05, 3.63) is 53.5 Å². The van der Waals surface area contributed by atoms with Crippen LogP contribution in [0, 0.1) is 0 Å². The molecule has 2 aromatic rings. The zero-order chi connectivity index (χ0) is 18.5. The van der Waals surface area contributed by atoms with E-state index in [0.29, 0.717) is 25.4 Å². The number of carboxylic acid groups (broad SMARTS) is 1. The normalized spacial score (nSPS) is 16.4. The molecule has 138 valence electrons. The highest BCUT2D eigenvalue weighted by Gasteiger charge is 2.26. The van der Waals surface area contributed by atoms with Crippen LogP contribution in [0.3, 0.4) is 0 Å². The number of hydrogen-bond acceptors (Lipinski definition) is 5. The fourth-order valence-corrected chi connectivity index (χ4v) is 2.97. The smallest absolute Gasteiger partial charge is 0.371 e. The number of nitrogens with zero attached hydrogens (tertiary/aromatic N) is 1. The number of methoxy groups -OCH3 is 1. The molecule has 1 aromatic heterocycles. The number of aromatic carboxylic acids is 1. The Kier molecular flexibility index (Phi) is 5.58. The highest BCUT2D eigenvalue weighted by Crippen LogP contribution is 2.20. The maximum absolute atomic E-state index is 12.9. The number of amides is 1. The van der Waals surface area contributed by atoms with E-state index in [0.717, 1.165) is 18.4 Å². The van der Waals surface area contributed by atoms with Gasteiger partial charge in [-0.05, 0) is 42.7 Å². The molecule has 0 saturated carbocycles. The van der Waals surface area contributed by atoms with Crippen molar-refractivity contribution in [2.24, 2.45) is 0 Å². The van der Waals surface area contributed by atoms with Crippen LogP contribution >= 0.6 is 0 Å². The molecular weight excluding hydrogens is 338 g/mol. The molecule has 1 aliphatic rings. The van der Waals surface area contributed by atoms with Gasteiger partial charge in [0.05, 0.1) is 13.2 Å². The molecule has 1 unspecified atom stereocenters. The van der Waals surface area contributed by atoms with Crippen LogP contribution in [-0.4, -0.2) is 48.2 Å². The lowest BCUT2D eigenvalue weighted by Gasteiger charge is -2.25. The zero-order valence-electron chi connectivity index (χ0n) is 14.5. The summed E-state index contributed by atoms with van der Waals surface area (Å²) in [4.78, 5) is 25.5. The van der Waals surface area contributed by atoms with Gasteiger partial charge >= 0.3 is 5.97 Å². The SMILES string of the molecule is COc1cccc(CN(CC2CCCO2)C(=O)c2ccc(C(=O)O)o2)c1. The second kappa shape index (κ2) is 8.05. The lowest BCUT2D eigenvalue weighted by atomic mass is 10.1. The number of furan rings is 1. The Morgan fingerprint density at radius 1 is 1.27 bits per heavy atom. The molecule has 1 aliphatic heterocycles. The Balaban J connectivity index is 1.81. The molecule has 1 saturated heterocycles. The second-order valence-corrected chi connectivity index (χ2v) is 6.14. The van der Waals surface area contributed by atoms with Crippen LogP contribution in [0.5, 0.6) is 5.75 Å². The topological polar surface area (TPSA) is 89.2 Å². The lowest BCUT2D eigenvalue weighted by molar-refractivity contribution is 0.0479. The van der Waals surface area contributed by atoms with Crippen LogP contribution in [0.2, 0.25) is 0 Å². The van der Waals surface area contributed by atoms with Gasteiger partial charge in [-0.3, -0.25) is 4.79 Å². The van der Waals surface area contributed by atoms with Crippen molar-refractivity contribution in [2.75, 3.05) is 20.3 Å². The Morgan fingerprint density at radius 2 is 2.08 bits per heavy atom. The first-order valence-corrected chi connectivity index (χ1v) is 8.44. The van der Waals surface area contributed by atoms with Gasteiger partial charge in [0.25, 0.3) is 5.91 Å². The minimum Gasteiger partial charge on any atom is -0.497 e. The maximum Gasteiger partial charge on any atom is 0.371 e. The molecule has 1 fully saturated rings. The van der Waals surface area contributed by atoms with E-state index in [1.54, 1.807) is 12.0 Å². The molecule has 1 N–H and O–H groups in total. The van der Waals surface area contributed by atoms with Crippen molar-refractivity contribution in [1.29, 1.82) is 0 Å². The molecule has 7 heteroatoms. The number of ether oxygens (including phenoxy) is 2. The minimum absolute atomic E-state index is 0.00305. The number of carboxylic acids is 1. The van der Waals surface area contributed by atoms with Crippen molar-refractivity contribution >= 4 is 11.9 Å². The van der Waals surface area contributed by atoms with E-state index in [9.17, 15) is 9.59 Å². The van der Waals surface area contributed by atoms with Gasteiger partial charge in [-0.15, -0.1) is 0 Å². The highest BCUT2D eigenvalue weighted by atomic mass is 16.5. The average molecular weight is 359 g/mol. The third kappa shape index (κ3) is 4.23. The van der Waals surface area contributed by atoms with Gasteiger partial charge in [0.15, 0.2) is 5.76 Å². The summed E-state index contributed by atoms with van der Waals surface area (Å²) in [5.41, 5.74) is 0.903. The van der Waals surface area contributed by atoms with Crippen LogP contribution in [0.15, 0.2) is 40.8 Å². The predicted molar refractivity (Wildman–Crippen MR) is 92.4 cm³/mol. The van der Waals surface area contributed by atoms with Crippen molar-refractivity contribution in [3.63, 3.8) is 0 Å². The molecule has 7 nitrogen and oxygen atoms in total. The van der Waals surface area contributed by atoms with E-state index < -0.39 is 5.97 Å². The monoisotopic (exact) mass is 359 g/mol. The summed E-state index contributed by atoms with van der Waals surface area (Å²) < 4.78 is 16.1. The second-order valence-electron chi connectivity index (χ2n) is 6.14. The summed E-state index contributed by atoms with van der Waals surface area (Å²) in [6.45, 7) is 1.45. The van der Waals surface area contributed by atoms with Gasteiger partial charge < -0.3 is 23.9 Å². The first kappa shape index (κ1) is 18.0. The van der Waals surface area contributed by atoms with Crippen molar-refractivity contribution in [3.8, 4) is 5.75 Å². The molecule has 0 aliphatic carbocycles. The molecule has 0 bridgehead atoms. The fraction of sp³-hybridized carbons (Fsp3) is 0.368. The van der Waals surface area contributed by atoms with Crippen LogP contribution < -0.4 is 4.74 Å². The third-order valence-electron chi connectivity index (χ3n) is 4.27. The Morgan fingerprint density at radius 3 is 2.73 bits per heavy atom. The van der Waals surface area contributed by atoms with Crippen molar-refractivity contribution in [2.45, 2.75) is 25.5 Å². The number of benzene rings is 1. The van der Waals surface area contributed by atoms with Crippen molar-refractivity contribution in [1.82, 2.24) is 4.90 Å². The summed E-state index contributed by atoms with van der Waals surface area (Å²) >= 11 is 0. The number of carbonyl (C=O) groups excluding carboxylic acids is 1. The Hall–Kier alpha value is -2.80. The quantitative estimate of drug-likeness (QED) is 0.818. The molecule has 0 radical (unpaired) electrons. The molecular formula is C19H21NO6. The van der Waals surface area contributed by atoms with E-state index in [-0.39, 0.29) is 23.5 Å². The van der Waals surface area contributed by atoms with E-state index >= 15 is 0 Å². The molecule has 0 spiro atoms. The van der Waals surface area contributed by atoms with E-state index in [1.807, 2.05) is 24.3 Å². The summed E-state index contributed by atoms with van der Waals surface area (Å²) in [7, 11) is 1.59. The standard InChI is InChI=1S/C19H21NO6/c1-24-14-5-2-4-13(10-14)11-20(12-15-6-3-9-25-15)18(21)16-7-8-17(26-16)19(22)23/h2,4-5,7-8,10,15H,3,6,9,11-12H2,1H3,(H,22,23). The molecule has 1 aromatic carbocycles. The summed E-state index contributed by atoms with van der Waals surface area (Å²) in [5.74, 6) is -1.12. The summed E-state index contributed by atoms with van der Waals surface area (Å²) in [5, 5.41) is 8.99. The maximum atomic E-state index is 12.9. The van der Waals surface area contributed by atoms with Crippen molar-refractivity contribution < 1.29 is 28.6 Å². The number of carbonyl (C=O) groups is 2. The average Bonchev–Trinajstić information content (AvgIpc) is 3.32. The molecule has 2 heterocycles. The first-order valence-electron chi connectivity index (χ1n) is 8.44. The van der Waals surface area contributed by atoms with Crippen LogP contribution in [-0.2, 0) is 11.3 Å². The Bertz CT molecular complexity index is 778. The summed E-state index contributed by atoms with van der Waals surface area (Å²) in [6, 6.07) is 10.1. The fourth-order valence-electron chi connectivity index (χ4n) is 2.97. The Labute approximate surface area is 151 Å². The van der Waals surface area contributed by atoms with Crippen LogP contribution in [0.1, 0.15) is 39.5 Å². The van der Waals surface area contributed by atoms with Gasteiger partial charge in [0.2, 0.25) is 5.76 Å². The summed E-state index contributed by atoms with van der Waals surface area (Å²) in [6.07, 6.45) is 1.83. The van der Waals surface area contributed by atoms with E-state index in [1.165, 1.54) is 12.1 Å². The minimum atomic E-state index is -1.21. The van der Waals surface area contributed by atoms with E-state index in [2.05, 4.69) is 0 Å². The number of rotatable bonds is 7. The van der Waals surface area contributed by atoms with Gasteiger partial charge in [-0.1, -0.05) is 12.1 Å². The highest BCUT2D eigenvalue weighted by molar-refractivity contribution is 5.93. The predicted octanol–water partition coefficient (Wildman–Crippen LogP) is 2.81. The van der Waals surface area contributed by atoms with Crippen LogP contribution in [0.25, 0.3) is 0 Å². The molecule has 3 rings (SSSR count). The van der Waals surface area contributed by atoms with E-state index in [4.69, 9.17) is 19.0 Å². The molecule has 1 amide bonds.